The summed E-state index contributed by atoms with van der Waals surface area (Å²) in [5.41, 5.74) is 1.01. The molecule has 0 bridgehead atoms. The lowest BCUT2D eigenvalue weighted by Crippen LogP contribution is -2.05. The van der Waals surface area contributed by atoms with E-state index in [0.717, 1.165) is 31.9 Å². The van der Waals surface area contributed by atoms with E-state index < -0.39 is 0 Å². The number of hydrogen-bond acceptors (Lipinski definition) is 4. The molecule has 0 unspecified atom stereocenters. The van der Waals surface area contributed by atoms with Gasteiger partial charge in [0.2, 0.25) is 5.88 Å². The van der Waals surface area contributed by atoms with Crippen molar-refractivity contribution in [1.29, 1.82) is 0 Å². The van der Waals surface area contributed by atoms with Crippen LogP contribution >= 0.6 is 0 Å². The van der Waals surface area contributed by atoms with Crippen LogP contribution in [0.15, 0.2) is 18.3 Å². The highest BCUT2D eigenvalue weighted by molar-refractivity contribution is 5.41. The van der Waals surface area contributed by atoms with Gasteiger partial charge in [0.15, 0.2) is 0 Å². The second-order valence-electron chi connectivity index (χ2n) is 3.07. The molecular formula is C11H18N2O2. The number of nitrogens with one attached hydrogen (secondary N) is 1. The van der Waals surface area contributed by atoms with Gasteiger partial charge in [-0.15, -0.1) is 0 Å². The van der Waals surface area contributed by atoms with Crippen LogP contribution in [-0.2, 0) is 4.74 Å². The van der Waals surface area contributed by atoms with Gasteiger partial charge in [-0.2, -0.15) is 0 Å². The predicted octanol–water partition coefficient (Wildman–Crippen LogP) is 1.93. The fraction of sp³-hybridized carbons (Fsp3) is 0.545. The maximum atomic E-state index is 5.23. The quantitative estimate of drug-likeness (QED) is 0.698. The molecule has 15 heavy (non-hydrogen) atoms. The summed E-state index contributed by atoms with van der Waals surface area (Å²) >= 11 is 0. The molecule has 1 aromatic rings. The number of rotatable bonds is 7. The van der Waals surface area contributed by atoms with Gasteiger partial charge in [-0.3, -0.25) is 0 Å². The Labute approximate surface area is 90.6 Å². The maximum Gasteiger partial charge on any atom is 0.213 e. The van der Waals surface area contributed by atoms with Crippen molar-refractivity contribution in [3.8, 4) is 5.88 Å². The molecule has 0 amide bonds. The lowest BCUT2D eigenvalue weighted by atomic mass is 10.4. The molecule has 4 heteroatoms. The van der Waals surface area contributed by atoms with Gasteiger partial charge in [0.1, 0.15) is 0 Å². The van der Waals surface area contributed by atoms with Gasteiger partial charge in [-0.05, 0) is 19.4 Å². The van der Waals surface area contributed by atoms with Crippen molar-refractivity contribution in [3.63, 3.8) is 0 Å². The Hall–Kier alpha value is -1.29. The lowest BCUT2D eigenvalue weighted by Gasteiger charge is -2.06. The Morgan fingerprint density at radius 1 is 1.40 bits per heavy atom. The van der Waals surface area contributed by atoms with E-state index in [-0.39, 0.29) is 0 Å². The molecule has 1 rings (SSSR count). The van der Waals surface area contributed by atoms with E-state index >= 15 is 0 Å². The van der Waals surface area contributed by atoms with Crippen LogP contribution in [0.5, 0.6) is 5.88 Å². The molecule has 0 radical (unpaired) electrons. The van der Waals surface area contributed by atoms with Crippen molar-refractivity contribution in [2.75, 3.05) is 32.2 Å². The van der Waals surface area contributed by atoms with E-state index in [1.807, 2.05) is 19.1 Å². The minimum atomic E-state index is 0.634. The van der Waals surface area contributed by atoms with E-state index in [1.54, 1.807) is 13.3 Å². The largest absolute Gasteiger partial charge is 0.481 e. The average Bonchev–Trinajstić information content (AvgIpc) is 2.30. The monoisotopic (exact) mass is 210 g/mol. The zero-order valence-electron chi connectivity index (χ0n) is 9.32. The van der Waals surface area contributed by atoms with E-state index in [9.17, 15) is 0 Å². The molecule has 0 aliphatic carbocycles. The van der Waals surface area contributed by atoms with Crippen LogP contribution in [0.1, 0.15) is 13.3 Å². The van der Waals surface area contributed by atoms with Crippen molar-refractivity contribution in [1.82, 2.24) is 4.98 Å². The fourth-order valence-electron chi connectivity index (χ4n) is 1.16. The smallest absolute Gasteiger partial charge is 0.213 e. The van der Waals surface area contributed by atoms with Gasteiger partial charge in [-0.1, -0.05) is 0 Å². The third-order valence-electron chi connectivity index (χ3n) is 1.94. The second-order valence-corrected chi connectivity index (χ2v) is 3.07. The number of ether oxygens (including phenoxy) is 2. The summed E-state index contributed by atoms with van der Waals surface area (Å²) in [6.45, 7) is 4.48. The molecule has 0 atom stereocenters. The zero-order valence-corrected chi connectivity index (χ0v) is 9.32. The molecule has 84 valence electrons. The standard InChI is InChI=1S/C11H18N2O2/c1-3-15-8-4-7-12-10-5-6-11(14-2)13-9-10/h5-6,9,12H,3-4,7-8H2,1-2H3. The van der Waals surface area contributed by atoms with Gasteiger partial charge in [0.05, 0.1) is 19.0 Å². The first-order valence-electron chi connectivity index (χ1n) is 5.18. The molecule has 1 N–H and O–H groups in total. The minimum absolute atomic E-state index is 0.634. The Balaban J connectivity index is 2.20. The molecule has 0 aliphatic heterocycles. The van der Waals surface area contributed by atoms with E-state index in [2.05, 4.69) is 10.3 Å². The molecule has 0 saturated heterocycles. The SMILES string of the molecule is CCOCCCNc1ccc(OC)nc1. The van der Waals surface area contributed by atoms with Crippen molar-refractivity contribution in [2.24, 2.45) is 0 Å². The van der Waals surface area contributed by atoms with Crippen molar-refractivity contribution >= 4 is 5.69 Å². The Morgan fingerprint density at radius 3 is 2.87 bits per heavy atom. The topological polar surface area (TPSA) is 43.4 Å². The van der Waals surface area contributed by atoms with Crippen molar-refractivity contribution < 1.29 is 9.47 Å². The molecule has 1 aromatic heterocycles. The third kappa shape index (κ3) is 4.65. The highest BCUT2D eigenvalue weighted by Crippen LogP contribution is 2.10. The summed E-state index contributed by atoms with van der Waals surface area (Å²) in [6.07, 6.45) is 2.76. The van der Waals surface area contributed by atoms with Gasteiger partial charge in [0, 0.05) is 25.8 Å². The van der Waals surface area contributed by atoms with Crippen LogP contribution in [0, 0.1) is 0 Å². The molecule has 0 aromatic carbocycles. The van der Waals surface area contributed by atoms with Crippen LogP contribution in [0.4, 0.5) is 5.69 Å². The van der Waals surface area contributed by atoms with E-state index in [0.29, 0.717) is 5.88 Å². The summed E-state index contributed by atoms with van der Waals surface area (Å²) < 4.78 is 10.2. The first-order chi connectivity index (χ1) is 7.36. The molecule has 0 saturated carbocycles. The third-order valence-corrected chi connectivity index (χ3v) is 1.94. The van der Waals surface area contributed by atoms with Crippen LogP contribution in [0.2, 0.25) is 0 Å². The van der Waals surface area contributed by atoms with Gasteiger partial charge < -0.3 is 14.8 Å². The molecule has 0 spiro atoms. The lowest BCUT2D eigenvalue weighted by molar-refractivity contribution is 0.147. The number of nitrogens with zero attached hydrogens (tertiary/aromatic N) is 1. The number of pyridine rings is 1. The summed E-state index contributed by atoms with van der Waals surface area (Å²) in [5, 5.41) is 3.26. The van der Waals surface area contributed by atoms with Gasteiger partial charge >= 0.3 is 0 Å². The highest BCUT2D eigenvalue weighted by atomic mass is 16.5. The Kier molecular flexibility index (Phi) is 5.55. The average molecular weight is 210 g/mol. The molecule has 0 aliphatic rings. The van der Waals surface area contributed by atoms with E-state index in [1.165, 1.54) is 0 Å². The predicted molar refractivity (Wildman–Crippen MR) is 60.4 cm³/mol. The van der Waals surface area contributed by atoms with E-state index in [4.69, 9.17) is 9.47 Å². The summed E-state index contributed by atoms with van der Waals surface area (Å²) in [5.74, 6) is 0.634. The number of aromatic nitrogens is 1. The molecule has 1 heterocycles. The first-order valence-corrected chi connectivity index (χ1v) is 5.18. The Bertz CT molecular complexity index is 262. The molecule has 0 fully saturated rings. The summed E-state index contributed by atoms with van der Waals surface area (Å²) in [4.78, 5) is 4.10. The normalized spacial score (nSPS) is 10.0. The van der Waals surface area contributed by atoms with Crippen LogP contribution < -0.4 is 10.1 Å². The number of methoxy groups -OCH3 is 1. The maximum absolute atomic E-state index is 5.23. The second kappa shape index (κ2) is 7.06. The highest BCUT2D eigenvalue weighted by Gasteiger charge is 1.94. The molecule has 4 nitrogen and oxygen atoms in total. The van der Waals surface area contributed by atoms with Crippen LogP contribution in [0.25, 0.3) is 0 Å². The van der Waals surface area contributed by atoms with Crippen molar-refractivity contribution in [2.45, 2.75) is 13.3 Å². The number of hydrogen-bond donors (Lipinski definition) is 1. The summed E-state index contributed by atoms with van der Waals surface area (Å²) in [6, 6.07) is 3.79. The first kappa shape index (κ1) is 11.8. The number of anilines is 1. The zero-order chi connectivity index (χ0) is 10.9. The minimum Gasteiger partial charge on any atom is -0.481 e. The fourth-order valence-corrected chi connectivity index (χ4v) is 1.16. The van der Waals surface area contributed by atoms with Crippen LogP contribution in [-0.4, -0.2) is 31.9 Å². The van der Waals surface area contributed by atoms with Crippen LogP contribution in [0.3, 0.4) is 0 Å². The molecular weight excluding hydrogens is 192 g/mol. The Morgan fingerprint density at radius 2 is 2.27 bits per heavy atom. The van der Waals surface area contributed by atoms with Gasteiger partial charge in [0.25, 0.3) is 0 Å². The van der Waals surface area contributed by atoms with Gasteiger partial charge in [-0.25, -0.2) is 4.98 Å². The summed E-state index contributed by atoms with van der Waals surface area (Å²) in [7, 11) is 1.61. The van der Waals surface area contributed by atoms with Crippen molar-refractivity contribution in [3.05, 3.63) is 18.3 Å².